The first-order chi connectivity index (χ1) is 16.1. The first kappa shape index (κ1) is 21.6. The highest BCUT2D eigenvalue weighted by molar-refractivity contribution is 5.67. The number of carboxylic acid groups (broad SMARTS) is 1. The second-order valence-electron chi connectivity index (χ2n) is 8.85. The van der Waals surface area contributed by atoms with Gasteiger partial charge in [0.2, 0.25) is 0 Å². The van der Waals surface area contributed by atoms with Crippen molar-refractivity contribution in [2.45, 2.75) is 57.2 Å². The average molecular weight is 453 g/mol. The van der Waals surface area contributed by atoms with Crippen LogP contribution in [0.5, 0.6) is 0 Å². The number of nitrogens with one attached hydrogen (secondary N) is 1. The van der Waals surface area contributed by atoms with Crippen LogP contribution in [0.1, 0.15) is 44.9 Å². The molecular weight excluding hydrogens is 424 g/mol. The number of piperidine rings is 1. The molecule has 2 N–H and O–H groups in total. The van der Waals surface area contributed by atoms with Crippen molar-refractivity contribution in [1.82, 2.24) is 25.1 Å². The Bertz CT molecular complexity index is 1040. The number of aromatic amines is 1. The van der Waals surface area contributed by atoms with Gasteiger partial charge in [0.1, 0.15) is 17.8 Å². The Kier molecular flexibility index (Phi) is 6.34. The van der Waals surface area contributed by atoms with Gasteiger partial charge in [0.05, 0.1) is 12.2 Å². The van der Waals surface area contributed by atoms with Crippen LogP contribution in [0.15, 0.2) is 35.4 Å². The number of carbonyl (C=O) groups is 1. The number of anilines is 1. The molecule has 3 aromatic heterocycles. The summed E-state index contributed by atoms with van der Waals surface area (Å²) in [4.78, 5) is 26.3. The number of nitrogens with zero attached hydrogens (tertiary/aromatic N) is 5. The molecule has 1 aliphatic carbocycles. The Morgan fingerprint density at radius 3 is 2.58 bits per heavy atom. The van der Waals surface area contributed by atoms with Gasteiger partial charge in [0.15, 0.2) is 18.0 Å². The number of ether oxygens (including phenoxy) is 1. The Balaban J connectivity index is 1.10. The third-order valence-corrected chi connectivity index (χ3v) is 6.57. The van der Waals surface area contributed by atoms with Gasteiger partial charge in [-0.05, 0) is 56.6 Å². The second-order valence-corrected chi connectivity index (χ2v) is 8.85. The lowest BCUT2D eigenvalue weighted by Gasteiger charge is -2.36. The molecule has 0 unspecified atom stereocenters. The Hall–Kier alpha value is -3.27. The van der Waals surface area contributed by atoms with Crippen molar-refractivity contribution < 1.29 is 19.1 Å². The maximum atomic E-state index is 10.9. The molecule has 1 saturated carbocycles. The fourth-order valence-corrected chi connectivity index (χ4v) is 4.75. The molecule has 0 bridgehead atoms. The van der Waals surface area contributed by atoms with Crippen molar-refractivity contribution in [3.63, 3.8) is 0 Å². The zero-order valence-electron chi connectivity index (χ0n) is 18.4. The molecule has 3 aromatic rings. The fourth-order valence-electron chi connectivity index (χ4n) is 4.75. The average Bonchev–Trinajstić information content (AvgIpc) is 3.53. The van der Waals surface area contributed by atoms with Crippen LogP contribution in [0.3, 0.4) is 0 Å². The molecule has 2 fully saturated rings. The van der Waals surface area contributed by atoms with Crippen molar-refractivity contribution >= 4 is 11.8 Å². The molecule has 174 valence electrons. The number of hydrogen-bond acceptors (Lipinski definition) is 8. The number of hydrogen-bond donors (Lipinski definition) is 2. The fraction of sp³-hybridized carbons (Fsp3) is 0.522. The van der Waals surface area contributed by atoms with Crippen LogP contribution in [0.4, 0.5) is 5.82 Å². The predicted molar refractivity (Wildman–Crippen MR) is 119 cm³/mol. The van der Waals surface area contributed by atoms with Gasteiger partial charge in [0, 0.05) is 31.3 Å². The molecule has 0 radical (unpaired) electrons. The summed E-state index contributed by atoms with van der Waals surface area (Å²) in [5.74, 6) is 1.69. The standard InChI is InChI=1S/C23H28N6O4/c30-21(31)11-15-1-4-17(5-2-15)33-18-7-9-29(10-8-18)20-6-3-16(12-24-20)22-26-23(28-27-22)19-13-32-14-25-19/h3,6,12-15,17-18H,1-2,4-5,7-11H2,(H,30,31)(H,26,27,28). The minimum atomic E-state index is -0.690. The van der Waals surface area contributed by atoms with E-state index in [4.69, 9.17) is 14.3 Å². The number of oxazole rings is 1. The predicted octanol–water partition coefficient (Wildman–Crippen LogP) is 3.54. The lowest BCUT2D eigenvalue weighted by Crippen LogP contribution is -2.39. The van der Waals surface area contributed by atoms with Gasteiger partial charge >= 0.3 is 5.97 Å². The van der Waals surface area contributed by atoms with E-state index in [-0.39, 0.29) is 18.6 Å². The summed E-state index contributed by atoms with van der Waals surface area (Å²) < 4.78 is 11.3. The van der Waals surface area contributed by atoms with E-state index >= 15 is 0 Å². The monoisotopic (exact) mass is 452 g/mol. The summed E-state index contributed by atoms with van der Waals surface area (Å²) in [5.41, 5.74) is 1.44. The highest BCUT2D eigenvalue weighted by Gasteiger charge is 2.28. The maximum absolute atomic E-state index is 10.9. The summed E-state index contributed by atoms with van der Waals surface area (Å²) >= 11 is 0. The van der Waals surface area contributed by atoms with Gasteiger partial charge < -0.3 is 19.2 Å². The van der Waals surface area contributed by atoms with E-state index in [1.165, 1.54) is 12.7 Å². The van der Waals surface area contributed by atoms with Crippen LogP contribution < -0.4 is 4.90 Å². The quantitative estimate of drug-likeness (QED) is 0.552. The van der Waals surface area contributed by atoms with E-state index in [0.29, 0.717) is 23.3 Å². The number of aromatic nitrogens is 5. The zero-order valence-corrected chi connectivity index (χ0v) is 18.4. The van der Waals surface area contributed by atoms with E-state index < -0.39 is 5.97 Å². The molecule has 1 aliphatic heterocycles. The van der Waals surface area contributed by atoms with E-state index in [2.05, 4.69) is 30.0 Å². The molecule has 0 atom stereocenters. The van der Waals surface area contributed by atoms with Crippen molar-refractivity contribution in [2.75, 3.05) is 18.0 Å². The smallest absolute Gasteiger partial charge is 0.303 e. The number of pyridine rings is 1. The Morgan fingerprint density at radius 1 is 1.12 bits per heavy atom. The normalized spacial score (nSPS) is 21.9. The molecule has 1 saturated heterocycles. The van der Waals surface area contributed by atoms with E-state index in [1.807, 2.05) is 12.1 Å². The van der Waals surface area contributed by atoms with Crippen LogP contribution in [0.25, 0.3) is 22.9 Å². The molecular formula is C23H28N6O4. The number of H-pyrrole nitrogens is 1. The SMILES string of the molecule is O=C(O)CC1CCC(OC2CCN(c3ccc(-c4n[nH]c(-c5cocn5)n4)cn3)CC2)CC1. The van der Waals surface area contributed by atoms with Crippen molar-refractivity contribution in [3.05, 3.63) is 31.0 Å². The highest BCUT2D eigenvalue weighted by atomic mass is 16.5. The van der Waals surface area contributed by atoms with Gasteiger partial charge in [-0.2, -0.15) is 5.10 Å². The van der Waals surface area contributed by atoms with Crippen LogP contribution in [0.2, 0.25) is 0 Å². The number of aliphatic carboxylic acids is 1. The van der Waals surface area contributed by atoms with Gasteiger partial charge in [0.25, 0.3) is 0 Å². The lowest BCUT2D eigenvalue weighted by molar-refractivity contribution is -0.138. The van der Waals surface area contributed by atoms with Crippen molar-refractivity contribution in [1.29, 1.82) is 0 Å². The molecule has 0 aromatic carbocycles. The Morgan fingerprint density at radius 2 is 1.91 bits per heavy atom. The van der Waals surface area contributed by atoms with Gasteiger partial charge in [-0.3, -0.25) is 9.89 Å². The van der Waals surface area contributed by atoms with Gasteiger partial charge in [-0.15, -0.1) is 0 Å². The van der Waals surface area contributed by atoms with Crippen molar-refractivity contribution in [3.8, 4) is 22.9 Å². The van der Waals surface area contributed by atoms with Crippen LogP contribution in [0, 0.1) is 5.92 Å². The van der Waals surface area contributed by atoms with Crippen LogP contribution in [-0.4, -0.2) is 61.5 Å². The summed E-state index contributed by atoms with van der Waals surface area (Å²) in [5, 5.41) is 16.1. The van der Waals surface area contributed by atoms with Crippen LogP contribution in [-0.2, 0) is 9.53 Å². The second kappa shape index (κ2) is 9.70. The minimum Gasteiger partial charge on any atom is -0.481 e. The number of rotatable bonds is 7. The molecule has 33 heavy (non-hydrogen) atoms. The summed E-state index contributed by atoms with van der Waals surface area (Å²) in [7, 11) is 0. The molecule has 0 amide bonds. The largest absolute Gasteiger partial charge is 0.481 e. The van der Waals surface area contributed by atoms with E-state index in [0.717, 1.165) is 63.0 Å². The molecule has 2 aliphatic rings. The summed E-state index contributed by atoms with van der Waals surface area (Å²) in [6.45, 7) is 1.81. The molecule has 0 spiro atoms. The summed E-state index contributed by atoms with van der Waals surface area (Å²) in [6, 6.07) is 3.99. The van der Waals surface area contributed by atoms with Crippen molar-refractivity contribution in [2.24, 2.45) is 5.92 Å². The van der Waals surface area contributed by atoms with Gasteiger partial charge in [-0.25, -0.2) is 15.0 Å². The topological polar surface area (TPSA) is 130 Å². The first-order valence-electron chi connectivity index (χ1n) is 11.5. The zero-order chi connectivity index (χ0) is 22.6. The Labute approximate surface area is 191 Å². The van der Waals surface area contributed by atoms with E-state index in [1.54, 1.807) is 6.20 Å². The summed E-state index contributed by atoms with van der Waals surface area (Å²) in [6.07, 6.45) is 11.3. The molecule has 4 heterocycles. The molecule has 5 rings (SSSR count). The first-order valence-corrected chi connectivity index (χ1v) is 11.5. The van der Waals surface area contributed by atoms with Crippen LogP contribution >= 0.6 is 0 Å². The number of carboxylic acids is 1. The van der Waals surface area contributed by atoms with Gasteiger partial charge in [-0.1, -0.05) is 0 Å². The minimum absolute atomic E-state index is 0.268. The molecule has 10 heteroatoms. The maximum Gasteiger partial charge on any atom is 0.303 e. The molecule has 10 nitrogen and oxygen atoms in total. The lowest BCUT2D eigenvalue weighted by atomic mass is 9.85. The highest BCUT2D eigenvalue weighted by Crippen LogP contribution is 2.31. The third kappa shape index (κ3) is 5.22. The van der Waals surface area contributed by atoms with E-state index in [9.17, 15) is 4.79 Å². The third-order valence-electron chi connectivity index (χ3n) is 6.57.